The number of fused-ring (bicyclic) bond motifs is 2. The standard InChI is InChI=1S/C23H32N4O2/c1-24(2)22(9-10-22)19(28)26-14-13-21(15-26)16-27(18-8-6-5-7-17(18)21)20(29)23(11-12-23)25(3)4/h5-8H,9-16H2,1-4H3. The molecule has 1 spiro atoms. The zero-order valence-corrected chi connectivity index (χ0v) is 18.1. The molecule has 0 aromatic heterocycles. The van der Waals surface area contributed by atoms with Crippen molar-refractivity contribution in [3.05, 3.63) is 29.8 Å². The summed E-state index contributed by atoms with van der Waals surface area (Å²) < 4.78 is 0. The Morgan fingerprint density at radius 3 is 2.00 bits per heavy atom. The van der Waals surface area contributed by atoms with Crippen LogP contribution in [-0.4, -0.2) is 85.4 Å². The summed E-state index contributed by atoms with van der Waals surface area (Å²) in [6.45, 7) is 2.19. The first kappa shape index (κ1) is 19.1. The lowest BCUT2D eigenvalue weighted by atomic mass is 9.81. The molecule has 5 rings (SSSR count). The fourth-order valence-electron chi connectivity index (χ4n) is 5.69. The Kier molecular flexibility index (Phi) is 3.98. The number of hydrogen-bond acceptors (Lipinski definition) is 4. The van der Waals surface area contributed by atoms with Gasteiger partial charge in [-0.1, -0.05) is 18.2 Å². The molecule has 2 aliphatic carbocycles. The predicted octanol–water partition coefficient (Wildman–Crippen LogP) is 1.69. The van der Waals surface area contributed by atoms with Crippen LogP contribution in [-0.2, 0) is 15.0 Å². The van der Waals surface area contributed by atoms with Crippen molar-refractivity contribution in [1.82, 2.24) is 14.7 Å². The van der Waals surface area contributed by atoms with E-state index in [9.17, 15) is 9.59 Å². The van der Waals surface area contributed by atoms with Crippen molar-refractivity contribution < 1.29 is 9.59 Å². The molecule has 2 saturated carbocycles. The molecule has 156 valence electrons. The van der Waals surface area contributed by atoms with E-state index in [1.807, 2.05) is 39.2 Å². The van der Waals surface area contributed by atoms with E-state index in [2.05, 4.69) is 32.9 Å². The van der Waals surface area contributed by atoms with Gasteiger partial charge in [0.1, 0.15) is 11.1 Å². The summed E-state index contributed by atoms with van der Waals surface area (Å²) in [5.41, 5.74) is 1.53. The minimum atomic E-state index is -0.338. The van der Waals surface area contributed by atoms with Crippen molar-refractivity contribution in [1.29, 1.82) is 0 Å². The number of nitrogens with zero attached hydrogens (tertiary/aromatic N) is 4. The van der Waals surface area contributed by atoms with Crippen molar-refractivity contribution in [2.75, 3.05) is 52.7 Å². The highest BCUT2D eigenvalue weighted by Gasteiger charge is 2.60. The van der Waals surface area contributed by atoms with Crippen LogP contribution in [0.3, 0.4) is 0 Å². The van der Waals surface area contributed by atoms with E-state index in [0.29, 0.717) is 6.54 Å². The number of rotatable bonds is 4. The molecule has 4 aliphatic rings. The van der Waals surface area contributed by atoms with Crippen LogP contribution in [0, 0.1) is 0 Å². The molecule has 1 aromatic rings. The zero-order chi connectivity index (χ0) is 20.6. The first-order valence-electron chi connectivity index (χ1n) is 10.8. The van der Waals surface area contributed by atoms with Crippen LogP contribution in [0.25, 0.3) is 0 Å². The van der Waals surface area contributed by atoms with E-state index in [-0.39, 0.29) is 28.3 Å². The Morgan fingerprint density at radius 2 is 1.41 bits per heavy atom. The summed E-state index contributed by atoms with van der Waals surface area (Å²) in [5.74, 6) is 0.497. The molecular formula is C23H32N4O2. The van der Waals surface area contributed by atoms with Gasteiger partial charge in [0.05, 0.1) is 0 Å². The highest BCUT2D eigenvalue weighted by Crippen LogP contribution is 2.51. The minimum absolute atomic E-state index is 0.132. The number of anilines is 1. The fraction of sp³-hybridized carbons (Fsp3) is 0.652. The van der Waals surface area contributed by atoms with Crippen molar-refractivity contribution in [2.45, 2.75) is 48.6 Å². The number of carbonyl (C=O) groups is 2. The van der Waals surface area contributed by atoms with Crippen molar-refractivity contribution in [3.63, 3.8) is 0 Å². The Labute approximate surface area is 173 Å². The maximum Gasteiger partial charge on any atom is 0.247 e. The van der Waals surface area contributed by atoms with Crippen molar-refractivity contribution >= 4 is 17.5 Å². The van der Waals surface area contributed by atoms with Crippen molar-refractivity contribution in [3.8, 4) is 0 Å². The van der Waals surface area contributed by atoms with Gasteiger partial charge in [-0.05, 0) is 71.9 Å². The molecule has 1 unspecified atom stereocenters. The molecule has 1 aromatic carbocycles. The van der Waals surface area contributed by atoms with E-state index in [0.717, 1.165) is 50.9 Å². The number of likely N-dealkylation sites (tertiary alicyclic amines) is 1. The normalized spacial score (nSPS) is 28.3. The topological polar surface area (TPSA) is 47.1 Å². The van der Waals surface area contributed by atoms with E-state index in [4.69, 9.17) is 0 Å². The molecular weight excluding hydrogens is 364 g/mol. The second-order valence-electron chi connectivity index (χ2n) is 10.0. The molecule has 2 aliphatic heterocycles. The lowest BCUT2D eigenvalue weighted by Crippen LogP contribution is -2.50. The number of hydrogen-bond donors (Lipinski definition) is 0. The molecule has 0 N–H and O–H groups in total. The van der Waals surface area contributed by atoms with Crippen LogP contribution in [0.4, 0.5) is 5.69 Å². The summed E-state index contributed by atoms with van der Waals surface area (Å²) in [6, 6.07) is 8.35. The summed E-state index contributed by atoms with van der Waals surface area (Å²) in [4.78, 5) is 35.1. The van der Waals surface area contributed by atoms with Gasteiger partial charge in [-0.3, -0.25) is 19.4 Å². The number of para-hydroxylation sites is 1. The Hall–Kier alpha value is -1.92. The van der Waals surface area contributed by atoms with Gasteiger partial charge in [0, 0.05) is 30.7 Å². The fourth-order valence-corrected chi connectivity index (χ4v) is 5.69. The molecule has 2 heterocycles. The highest BCUT2D eigenvalue weighted by atomic mass is 16.2. The highest BCUT2D eigenvalue weighted by molar-refractivity contribution is 6.04. The molecule has 0 radical (unpaired) electrons. The lowest BCUT2D eigenvalue weighted by molar-refractivity contribution is -0.136. The van der Waals surface area contributed by atoms with Gasteiger partial charge in [0.25, 0.3) is 0 Å². The molecule has 1 atom stereocenters. The number of amides is 2. The summed E-state index contributed by atoms with van der Waals surface area (Å²) in [5, 5.41) is 0. The smallest absolute Gasteiger partial charge is 0.247 e. The van der Waals surface area contributed by atoms with Gasteiger partial charge in [0.15, 0.2) is 0 Å². The third-order valence-electron chi connectivity index (χ3n) is 8.07. The minimum Gasteiger partial charge on any atom is -0.340 e. The molecule has 29 heavy (non-hydrogen) atoms. The number of benzene rings is 1. The van der Waals surface area contributed by atoms with Crippen LogP contribution in [0.1, 0.15) is 37.7 Å². The third-order valence-corrected chi connectivity index (χ3v) is 8.07. The van der Waals surface area contributed by atoms with Gasteiger partial charge < -0.3 is 9.80 Å². The summed E-state index contributed by atoms with van der Waals surface area (Å²) in [6.07, 6.45) is 4.70. The first-order valence-corrected chi connectivity index (χ1v) is 10.8. The maximum absolute atomic E-state index is 13.5. The Bertz CT molecular complexity index is 871. The zero-order valence-electron chi connectivity index (χ0n) is 18.1. The van der Waals surface area contributed by atoms with Gasteiger partial charge in [-0.2, -0.15) is 0 Å². The van der Waals surface area contributed by atoms with Gasteiger partial charge in [-0.25, -0.2) is 0 Å². The van der Waals surface area contributed by atoms with E-state index >= 15 is 0 Å². The van der Waals surface area contributed by atoms with Crippen LogP contribution in [0.15, 0.2) is 24.3 Å². The molecule has 2 amide bonds. The number of carbonyl (C=O) groups excluding carboxylic acids is 2. The lowest BCUT2D eigenvalue weighted by Gasteiger charge is -2.31. The average molecular weight is 397 g/mol. The third kappa shape index (κ3) is 2.55. The molecule has 6 heteroatoms. The van der Waals surface area contributed by atoms with Crippen LogP contribution in [0.2, 0.25) is 0 Å². The largest absolute Gasteiger partial charge is 0.340 e. The van der Waals surface area contributed by atoms with Crippen LogP contribution >= 0.6 is 0 Å². The second-order valence-corrected chi connectivity index (χ2v) is 10.0. The van der Waals surface area contributed by atoms with Crippen LogP contribution < -0.4 is 4.90 Å². The Balaban J connectivity index is 1.44. The van der Waals surface area contributed by atoms with E-state index in [1.54, 1.807) is 0 Å². The summed E-state index contributed by atoms with van der Waals surface area (Å²) >= 11 is 0. The molecule has 0 bridgehead atoms. The van der Waals surface area contributed by atoms with Gasteiger partial charge in [0.2, 0.25) is 11.8 Å². The Morgan fingerprint density at radius 1 is 0.828 bits per heavy atom. The molecule has 3 fully saturated rings. The second kappa shape index (κ2) is 6.05. The average Bonchev–Trinajstić information content (AvgIpc) is 3.62. The summed E-state index contributed by atoms with van der Waals surface area (Å²) in [7, 11) is 8.04. The first-order chi connectivity index (χ1) is 13.8. The molecule has 6 nitrogen and oxygen atoms in total. The van der Waals surface area contributed by atoms with E-state index in [1.165, 1.54) is 5.56 Å². The monoisotopic (exact) mass is 396 g/mol. The maximum atomic E-state index is 13.5. The quantitative estimate of drug-likeness (QED) is 0.777. The van der Waals surface area contributed by atoms with Crippen LogP contribution in [0.5, 0.6) is 0 Å². The van der Waals surface area contributed by atoms with Gasteiger partial charge >= 0.3 is 0 Å². The molecule has 1 saturated heterocycles. The predicted molar refractivity (Wildman–Crippen MR) is 113 cm³/mol. The van der Waals surface area contributed by atoms with Crippen molar-refractivity contribution in [2.24, 2.45) is 0 Å². The number of likely N-dealkylation sites (N-methyl/N-ethyl adjacent to an activating group) is 2. The van der Waals surface area contributed by atoms with Gasteiger partial charge in [-0.15, -0.1) is 0 Å². The van der Waals surface area contributed by atoms with E-state index < -0.39 is 0 Å². The SMILES string of the molecule is CN(C)C1(C(=O)N2CCC3(C2)CN(C(=O)C2(N(C)C)CC2)c2ccccc23)CC1.